The van der Waals surface area contributed by atoms with E-state index in [2.05, 4.69) is 53.7 Å². The molecule has 136 valence electrons. The van der Waals surface area contributed by atoms with Crippen LogP contribution in [0.2, 0.25) is 0 Å². The standard InChI is InChI=1S/C23H28N2O/c1-22(2,3)18-14-16(15-19(21(18)26)23(4,5)6)20-12-13-25(24-20)17-10-8-7-9-11-17/h7-15,26H,1-6H3. The maximum atomic E-state index is 10.9. The van der Waals surface area contributed by atoms with Gasteiger partial charge in [0.25, 0.3) is 0 Å². The third-order valence-electron chi connectivity index (χ3n) is 4.63. The van der Waals surface area contributed by atoms with Gasteiger partial charge in [0, 0.05) is 22.9 Å². The van der Waals surface area contributed by atoms with Crippen LogP contribution in [-0.4, -0.2) is 14.9 Å². The van der Waals surface area contributed by atoms with E-state index in [1.807, 2.05) is 47.3 Å². The fourth-order valence-electron chi connectivity index (χ4n) is 3.13. The van der Waals surface area contributed by atoms with Crippen LogP contribution in [0.3, 0.4) is 0 Å². The van der Waals surface area contributed by atoms with Gasteiger partial charge < -0.3 is 5.11 Å². The van der Waals surface area contributed by atoms with Crippen LogP contribution in [0.1, 0.15) is 52.7 Å². The van der Waals surface area contributed by atoms with E-state index in [1.54, 1.807) is 0 Å². The molecular weight excluding hydrogens is 320 g/mol. The van der Waals surface area contributed by atoms with Gasteiger partial charge >= 0.3 is 0 Å². The van der Waals surface area contributed by atoms with Crippen LogP contribution in [0.25, 0.3) is 16.9 Å². The van der Waals surface area contributed by atoms with Gasteiger partial charge in [-0.2, -0.15) is 5.10 Å². The molecular formula is C23H28N2O. The number of rotatable bonds is 2. The highest BCUT2D eigenvalue weighted by atomic mass is 16.3. The van der Waals surface area contributed by atoms with Crippen molar-refractivity contribution in [2.75, 3.05) is 0 Å². The Kier molecular flexibility index (Phi) is 4.43. The summed E-state index contributed by atoms with van der Waals surface area (Å²) in [6.07, 6.45) is 1.98. The monoisotopic (exact) mass is 348 g/mol. The van der Waals surface area contributed by atoms with Crippen molar-refractivity contribution < 1.29 is 5.11 Å². The number of aromatic nitrogens is 2. The normalized spacial score (nSPS) is 12.4. The summed E-state index contributed by atoms with van der Waals surface area (Å²) in [6, 6.07) is 16.3. The second kappa shape index (κ2) is 6.31. The molecule has 26 heavy (non-hydrogen) atoms. The van der Waals surface area contributed by atoms with Gasteiger partial charge in [0.15, 0.2) is 0 Å². The van der Waals surface area contributed by atoms with Crippen molar-refractivity contribution in [3.05, 3.63) is 65.9 Å². The zero-order valence-electron chi connectivity index (χ0n) is 16.5. The van der Waals surface area contributed by atoms with Crippen molar-refractivity contribution in [1.29, 1.82) is 0 Å². The molecule has 0 spiro atoms. The van der Waals surface area contributed by atoms with Crippen LogP contribution in [0.4, 0.5) is 0 Å². The molecule has 2 aromatic carbocycles. The Morgan fingerprint density at radius 3 is 1.85 bits per heavy atom. The van der Waals surface area contributed by atoms with Crippen LogP contribution < -0.4 is 0 Å². The fraction of sp³-hybridized carbons (Fsp3) is 0.348. The molecule has 0 aliphatic heterocycles. The first-order valence-electron chi connectivity index (χ1n) is 9.07. The molecule has 0 unspecified atom stereocenters. The van der Waals surface area contributed by atoms with Gasteiger partial charge in [-0.1, -0.05) is 59.7 Å². The lowest BCUT2D eigenvalue weighted by atomic mass is 9.78. The summed E-state index contributed by atoms with van der Waals surface area (Å²) in [6.45, 7) is 12.8. The van der Waals surface area contributed by atoms with Crippen molar-refractivity contribution >= 4 is 0 Å². The Balaban J connectivity index is 2.15. The van der Waals surface area contributed by atoms with Gasteiger partial charge in [-0.15, -0.1) is 0 Å². The highest BCUT2D eigenvalue weighted by Gasteiger charge is 2.27. The molecule has 3 heteroatoms. The smallest absolute Gasteiger partial charge is 0.123 e. The van der Waals surface area contributed by atoms with Crippen molar-refractivity contribution in [3.8, 4) is 22.7 Å². The van der Waals surface area contributed by atoms with E-state index in [4.69, 9.17) is 5.10 Å². The highest BCUT2D eigenvalue weighted by Crippen LogP contribution is 2.41. The van der Waals surface area contributed by atoms with E-state index in [-0.39, 0.29) is 10.8 Å². The zero-order chi connectivity index (χ0) is 19.1. The van der Waals surface area contributed by atoms with Gasteiger partial charge in [-0.25, -0.2) is 4.68 Å². The number of benzene rings is 2. The predicted octanol–water partition coefficient (Wildman–Crippen LogP) is 5.84. The number of phenols is 1. The fourth-order valence-corrected chi connectivity index (χ4v) is 3.13. The SMILES string of the molecule is CC(C)(C)c1cc(-c2ccn(-c3ccccc3)n2)cc(C(C)(C)C)c1O. The topological polar surface area (TPSA) is 38.0 Å². The molecule has 0 bridgehead atoms. The number of phenolic OH excluding ortho intramolecular Hbond substituents is 1. The average Bonchev–Trinajstić information content (AvgIpc) is 3.03. The first-order chi connectivity index (χ1) is 12.1. The minimum atomic E-state index is -0.151. The molecule has 0 aliphatic rings. The Morgan fingerprint density at radius 1 is 0.808 bits per heavy atom. The van der Waals surface area contributed by atoms with Crippen molar-refractivity contribution in [1.82, 2.24) is 9.78 Å². The Hall–Kier alpha value is -2.55. The van der Waals surface area contributed by atoms with E-state index in [1.165, 1.54) is 0 Å². The van der Waals surface area contributed by atoms with E-state index >= 15 is 0 Å². The van der Waals surface area contributed by atoms with Crippen molar-refractivity contribution in [3.63, 3.8) is 0 Å². The quantitative estimate of drug-likeness (QED) is 0.632. The van der Waals surface area contributed by atoms with Crippen molar-refractivity contribution in [2.45, 2.75) is 52.4 Å². The minimum Gasteiger partial charge on any atom is -0.507 e. The van der Waals surface area contributed by atoms with Crippen molar-refractivity contribution in [2.24, 2.45) is 0 Å². The summed E-state index contributed by atoms with van der Waals surface area (Å²) in [5.74, 6) is 0.399. The molecule has 3 aromatic rings. The number of aromatic hydroxyl groups is 1. The second-order valence-electron chi connectivity index (χ2n) is 8.90. The maximum Gasteiger partial charge on any atom is 0.123 e. The number of para-hydroxylation sites is 1. The van der Waals surface area contributed by atoms with Crippen LogP contribution >= 0.6 is 0 Å². The lowest BCUT2D eigenvalue weighted by Crippen LogP contribution is -2.17. The van der Waals surface area contributed by atoms with Gasteiger partial charge in [-0.3, -0.25) is 0 Å². The van der Waals surface area contributed by atoms with E-state index in [9.17, 15) is 5.11 Å². The molecule has 0 fully saturated rings. The van der Waals surface area contributed by atoms with Crippen LogP contribution in [0.5, 0.6) is 5.75 Å². The summed E-state index contributed by atoms with van der Waals surface area (Å²) in [5.41, 5.74) is 4.58. The van der Waals surface area contributed by atoms with E-state index in [0.717, 1.165) is 28.1 Å². The number of hydrogen-bond acceptors (Lipinski definition) is 2. The molecule has 0 saturated carbocycles. The van der Waals surface area contributed by atoms with Gasteiger partial charge in [0.2, 0.25) is 0 Å². The van der Waals surface area contributed by atoms with Gasteiger partial charge in [-0.05, 0) is 41.2 Å². The molecule has 0 aliphatic carbocycles. The van der Waals surface area contributed by atoms with Crippen LogP contribution in [-0.2, 0) is 10.8 Å². The summed E-state index contributed by atoms with van der Waals surface area (Å²) in [7, 11) is 0. The first-order valence-corrected chi connectivity index (χ1v) is 9.07. The summed E-state index contributed by atoms with van der Waals surface area (Å²) in [4.78, 5) is 0. The van der Waals surface area contributed by atoms with Crippen LogP contribution in [0.15, 0.2) is 54.7 Å². The molecule has 1 heterocycles. The minimum absolute atomic E-state index is 0.151. The third-order valence-corrected chi connectivity index (χ3v) is 4.63. The van der Waals surface area contributed by atoms with Crippen LogP contribution in [0, 0.1) is 0 Å². The molecule has 0 atom stereocenters. The Morgan fingerprint density at radius 2 is 1.35 bits per heavy atom. The van der Waals surface area contributed by atoms with Gasteiger partial charge in [0.05, 0.1) is 11.4 Å². The Bertz CT molecular complexity index is 874. The first kappa shape index (κ1) is 18.2. The Labute approximate surface area is 156 Å². The lowest BCUT2D eigenvalue weighted by Gasteiger charge is -2.28. The second-order valence-corrected chi connectivity index (χ2v) is 8.90. The zero-order valence-corrected chi connectivity index (χ0v) is 16.5. The largest absolute Gasteiger partial charge is 0.507 e. The van der Waals surface area contributed by atoms with E-state index < -0.39 is 0 Å². The maximum absolute atomic E-state index is 10.9. The molecule has 3 rings (SSSR count). The van der Waals surface area contributed by atoms with Gasteiger partial charge in [0.1, 0.15) is 5.75 Å². The molecule has 3 nitrogen and oxygen atoms in total. The molecule has 1 aromatic heterocycles. The lowest BCUT2D eigenvalue weighted by molar-refractivity contribution is 0.423. The molecule has 0 amide bonds. The number of nitrogens with zero attached hydrogens (tertiary/aromatic N) is 2. The third kappa shape index (κ3) is 3.52. The molecule has 1 N–H and O–H groups in total. The summed E-state index contributed by atoms with van der Waals surface area (Å²) >= 11 is 0. The highest BCUT2D eigenvalue weighted by molar-refractivity contribution is 5.66. The molecule has 0 radical (unpaired) electrons. The average molecular weight is 348 g/mol. The molecule has 0 saturated heterocycles. The number of hydrogen-bond donors (Lipinski definition) is 1. The summed E-state index contributed by atoms with van der Waals surface area (Å²) in [5, 5.41) is 15.7. The predicted molar refractivity (Wildman–Crippen MR) is 108 cm³/mol. The van der Waals surface area contributed by atoms with E-state index in [0.29, 0.717) is 5.75 Å². The summed E-state index contributed by atoms with van der Waals surface area (Å²) < 4.78 is 1.88.